The summed E-state index contributed by atoms with van der Waals surface area (Å²) in [6.45, 7) is 5.54. The Bertz CT molecular complexity index is 1070. The molecule has 0 aliphatic carbocycles. The fourth-order valence-corrected chi connectivity index (χ4v) is 5.28. The van der Waals surface area contributed by atoms with Crippen LogP contribution in [0.5, 0.6) is 0 Å². The summed E-state index contributed by atoms with van der Waals surface area (Å²) < 4.78 is 32.5. The summed E-state index contributed by atoms with van der Waals surface area (Å²) in [4.78, 5) is 26.9. The molecule has 32 heavy (non-hydrogen) atoms. The minimum Gasteiger partial charge on any atom is -0.452 e. The van der Waals surface area contributed by atoms with E-state index in [1.807, 2.05) is 32.9 Å². The van der Waals surface area contributed by atoms with Crippen molar-refractivity contribution >= 4 is 27.6 Å². The monoisotopic (exact) mass is 458 g/mol. The van der Waals surface area contributed by atoms with Gasteiger partial charge >= 0.3 is 5.97 Å². The lowest BCUT2D eigenvalue weighted by atomic mass is 9.97. The second-order valence-corrected chi connectivity index (χ2v) is 10.3. The van der Waals surface area contributed by atoms with E-state index in [1.165, 1.54) is 35.6 Å². The molecular weight excluding hydrogens is 428 g/mol. The van der Waals surface area contributed by atoms with Gasteiger partial charge in [0.15, 0.2) is 6.61 Å². The predicted molar refractivity (Wildman–Crippen MR) is 123 cm³/mol. The number of aryl methyl sites for hydroxylation is 1. The van der Waals surface area contributed by atoms with Crippen molar-refractivity contribution in [2.24, 2.45) is 0 Å². The summed E-state index contributed by atoms with van der Waals surface area (Å²) in [5, 5.41) is 0. The Morgan fingerprint density at radius 3 is 2.31 bits per heavy atom. The predicted octanol–water partition coefficient (Wildman–Crippen LogP) is 3.77. The molecule has 0 bridgehead atoms. The lowest BCUT2D eigenvalue weighted by molar-refractivity contribution is -0.140. The van der Waals surface area contributed by atoms with Crippen LogP contribution in [0.3, 0.4) is 0 Å². The lowest BCUT2D eigenvalue weighted by Gasteiger charge is -2.38. The zero-order valence-corrected chi connectivity index (χ0v) is 19.8. The fourth-order valence-electron chi connectivity index (χ4n) is 4.03. The molecule has 2 atom stereocenters. The number of ether oxygens (including phenoxy) is 1. The molecule has 1 aliphatic heterocycles. The van der Waals surface area contributed by atoms with E-state index in [9.17, 15) is 18.0 Å². The van der Waals surface area contributed by atoms with Crippen LogP contribution in [0.15, 0.2) is 53.4 Å². The van der Waals surface area contributed by atoms with E-state index >= 15 is 0 Å². The van der Waals surface area contributed by atoms with E-state index in [4.69, 9.17) is 4.74 Å². The Kier molecular flexibility index (Phi) is 7.23. The van der Waals surface area contributed by atoms with Crippen LogP contribution in [0, 0.1) is 6.92 Å². The smallest absolute Gasteiger partial charge is 0.338 e. The number of rotatable bonds is 6. The van der Waals surface area contributed by atoms with Crippen LogP contribution in [-0.2, 0) is 19.6 Å². The summed E-state index contributed by atoms with van der Waals surface area (Å²) in [6.07, 6.45) is 2.93. The molecule has 0 radical (unpaired) electrons. The highest BCUT2D eigenvalue weighted by Gasteiger charge is 2.29. The van der Waals surface area contributed by atoms with Gasteiger partial charge in [0.25, 0.3) is 15.9 Å². The summed E-state index contributed by atoms with van der Waals surface area (Å²) >= 11 is 0. The standard InChI is InChI=1S/C24H30N2O5S/c1-17-11-13-21(14-12-17)25(4)32(29,30)22-10-6-9-20(15-22)24(28)31-16-23(27)26-18(2)7-5-8-19(26)3/h6,9-15,18-19H,5,7-8,16H2,1-4H3. The molecule has 1 heterocycles. The van der Waals surface area contributed by atoms with Crippen LogP contribution in [0.1, 0.15) is 49.0 Å². The maximum absolute atomic E-state index is 13.1. The van der Waals surface area contributed by atoms with Gasteiger partial charge in [-0.3, -0.25) is 9.10 Å². The number of hydrogen-bond acceptors (Lipinski definition) is 5. The van der Waals surface area contributed by atoms with Crippen molar-refractivity contribution in [3.8, 4) is 0 Å². The number of anilines is 1. The number of amides is 1. The molecule has 8 heteroatoms. The zero-order chi connectivity index (χ0) is 23.5. The third-order valence-electron chi connectivity index (χ3n) is 5.93. The first-order valence-electron chi connectivity index (χ1n) is 10.7. The van der Waals surface area contributed by atoms with Gasteiger partial charge in [0.05, 0.1) is 16.1 Å². The molecular formula is C24H30N2O5S. The second kappa shape index (κ2) is 9.73. The maximum atomic E-state index is 13.1. The lowest BCUT2D eigenvalue weighted by Crippen LogP contribution is -2.49. The maximum Gasteiger partial charge on any atom is 0.338 e. The number of benzene rings is 2. The van der Waals surface area contributed by atoms with Gasteiger partial charge in [-0.2, -0.15) is 0 Å². The average Bonchev–Trinajstić information content (AvgIpc) is 2.77. The molecule has 1 amide bonds. The van der Waals surface area contributed by atoms with Gasteiger partial charge in [-0.1, -0.05) is 23.8 Å². The van der Waals surface area contributed by atoms with Crippen LogP contribution in [0.25, 0.3) is 0 Å². The Hall–Kier alpha value is -2.87. The van der Waals surface area contributed by atoms with Crippen molar-refractivity contribution in [2.75, 3.05) is 18.0 Å². The number of piperidine rings is 1. The van der Waals surface area contributed by atoms with E-state index in [1.54, 1.807) is 17.0 Å². The van der Waals surface area contributed by atoms with E-state index in [2.05, 4.69) is 0 Å². The van der Waals surface area contributed by atoms with E-state index in [0.29, 0.717) is 5.69 Å². The molecule has 172 valence electrons. The van der Waals surface area contributed by atoms with E-state index in [-0.39, 0.29) is 35.1 Å². The molecule has 0 aromatic heterocycles. The van der Waals surface area contributed by atoms with E-state index in [0.717, 1.165) is 24.8 Å². The van der Waals surface area contributed by atoms with Crippen LogP contribution in [0.2, 0.25) is 0 Å². The number of nitrogens with zero attached hydrogens (tertiary/aromatic N) is 2. The molecule has 2 unspecified atom stereocenters. The summed E-state index contributed by atoms with van der Waals surface area (Å²) in [5.41, 5.74) is 1.61. The van der Waals surface area contributed by atoms with Gasteiger partial charge in [0.2, 0.25) is 0 Å². The van der Waals surface area contributed by atoms with Crippen LogP contribution < -0.4 is 4.31 Å². The van der Waals surface area contributed by atoms with E-state index < -0.39 is 16.0 Å². The molecule has 2 aromatic carbocycles. The van der Waals surface area contributed by atoms with Gasteiger partial charge in [-0.05, 0) is 70.4 Å². The Morgan fingerprint density at radius 1 is 1.06 bits per heavy atom. The molecule has 3 rings (SSSR count). The minimum atomic E-state index is -3.87. The van der Waals surface area contributed by atoms with Gasteiger partial charge in [0, 0.05) is 19.1 Å². The summed E-state index contributed by atoms with van der Waals surface area (Å²) in [5.74, 6) is -0.966. The quantitative estimate of drug-likeness (QED) is 0.616. The Balaban J connectivity index is 1.71. The molecule has 2 aromatic rings. The molecule has 1 aliphatic rings. The molecule has 7 nitrogen and oxygen atoms in total. The van der Waals surface area contributed by atoms with Crippen LogP contribution in [-0.4, -0.2) is 50.9 Å². The van der Waals surface area contributed by atoms with Crippen LogP contribution in [0.4, 0.5) is 5.69 Å². The third kappa shape index (κ3) is 5.12. The van der Waals surface area contributed by atoms with Crippen molar-refractivity contribution < 1.29 is 22.7 Å². The average molecular weight is 459 g/mol. The van der Waals surface area contributed by atoms with Crippen LogP contribution >= 0.6 is 0 Å². The molecule has 0 spiro atoms. The Labute approximate surface area is 190 Å². The van der Waals surface area contributed by atoms with Gasteiger partial charge < -0.3 is 9.64 Å². The highest BCUT2D eigenvalue weighted by Crippen LogP contribution is 2.24. The molecule has 0 N–H and O–H groups in total. The number of carbonyl (C=O) groups is 2. The first-order valence-corrected chi connectivity index (χ1v) is 12.2. The summed E-state index contributed by atoms with van der Waals surface area (Å²) in [6, 6.07) is 13.0. The Morgan fingerprint density at radius 2 is 1.69 bits per heavy atom. The number of sulfonamides is 1. The molecule has 1 saturated heterocycles. The minimum absolute atomic E-state index is 0.0281. The SMILES string of the molecule is Cc1ccc(N(C)S(=O)(=O)c2cccc(C(=O)OCC(=O)N3C(C)CCCC3C)c2)cc1. The first kappa shape index (κ1) is 23.8. The highest BCUT2D eigenvalue weighted by atomic mass is 32.2. The molecule has 1 fully saturated rings. The second-order valence-electron chi connectivity index (χ2n) is 8.34. The fraction of sp³-hybridized carbons (Fsp3) is 0.417. The topological polar surface area (TPSA) is 84.0 Å². The number of likely N-dealkylation sites (tertiary alicyclic amines) is 1. The number of esters is 1. The van der Waals surface area contributed by atoms with Gasteiger partial charge in [-0.25, -0.2) is 13.2 Å². The number of hydrogen-bond donors (Lipinski definition) is 0. The van der Waals surface area contributed by atoms with Crippen molar-refractivity contribution in [3.05, 3.63) is 59.7 Å². The van der Waals surface area contributed by atoms with Gasteiger partial charge in [0.1, 0.15) is 0 Å². The molecule has 0 saturated carbocycles. The largest absolute Gasteiger partial charge is 0.452 e. The zero-order valence-electron chi connectivity index (χ0n) is 18.9. The first-order chi connectivity index (χ1) is 15.1. The van der Waals surface area contributed by atoms with Crippen molar-refractivity contribution in [3.63, 3.8) is 0 Å². The van der Waals surface area contributed by atoms with Crippen molar-refractivity contribution in [1.29, 1.82) is 0 Å². The van der Waals surface area contributed by atoms with Crippen molar-refractivity contribution in [1.82, 2.24) is 4.90 Å². The normalized spacial score (nSPS) is 18.8. The highest BCUT2D eigenvalue weighted by molar-refractivity contribution is 7.92. The third-order valence-corrected chi connectivity index (χ3v) is 7.72. The van der Waals surface area contributed by atoms with Crippen molar-refractivity contribution in [2.45, 2.75) is 57.0 Å². The summed E-state index contributed by atoms with van der Waals surface area (Å²) in [7, 11) is -2.41. The number of carbonyl (C=O) groups excluding carboxylic acids is 2. The van der Waals surface area contributed by atoms with Gasteiger partial charge in [-0.15, -0.1) is 0 Å².